The van der Waals surface area contributed by atoms with Gasteiger partial charge in [-0.15, -0.1) is 0 Å². The van der Waals surface area contributed by atoms with Crippen LogP contribution in [-0.2, 0) is 19.6 Å². The minimum atomic E-state index is 0.0425. The van der Waals surface area contributed by atoms with Gasteiger partial charge in [-0.25, -0.2) is 0 Å². The van der Waals surface area contributed by atoms with Gasteiger partial charge < -0.3 is 9.15 Å². The molecule has 0 amide bonds. The fourth-order valence-corrected chi connectivity index (χ4v) is 4.77. The van der Waals surface area contributed by atoms with E-state index in [1.54, 1.807) is 18.7 Å². The van der Waals surface area contributed by atoms with E-state index in [0.717, 1.165) is 69.2 Å². The van der Waals surface area contributed by atoms with Gasteiger partial charge >= 0.3 is 0 Å². The molecule has 0 spiro atoms. The molecule has 1 unspecified atom stereocenters. The number of likely N-dealkylation sites (tertiary alicyclic amines) is 1. The molecule has 32 heavy (non-hydrogen) atoms. The Labute approximate surface area is 188 Å². The van der Waals surface area contributed by atoms with Crippen molar-refractivity contribution in [3.05, 3.63) is 83.6 Å². The van der Waals surface area contributed by atoms with Crippen molar-refractivity contribution in [3.63, 3.8) is 0 Å². The number of ether oxygens (including phenoxy) is 1. The molecule has 2 aromatic heterocycles. The van der Waals surface area contributed by atoms with E-state index in [1.165, 1.54) is 11.1 Å². The van der Waals surface area contributed by atoms with Gasteiger partial charge in [-0.1, -0.05) is 6.07 Å². The molecule has 0 aliphatic carbocycles. The Morgan fingerprint density at radius 2 is 2.06 bits per heavy atom. The van der Waals surface area contributed by atoms with Crippen molar-refractivity contribution < 1.29 is 13.9 Å². The molecule has 2 aliphatic heterocycles. The number of fused-ring (bicyclic) bond motifs is 1. The average molecular weight is 432 g/mol. The first-order valence-electron chi connectivity index (χ1n) is 11.4. The first kappa shape index (κ1) is 20.9. The zero-order chi connectivity index (χ0) is 21.8. The first-order chi connectivity index (χ1) is 15.7. The van der Waals surface area contributed by atoms with Crippen LogP contribution in [0.4, 0.5) is 0 Å². The van der Waals surface area contributed by atoms with Crippen molar-refractivity contribution in [3.8, 4) is 5.75 Å². The summed E-state index contributed by atoms with van der Waals surface area (Å²) in [6.45, 7) is 5.84. The van der Waals surface area contributed by atoms with E-state index in [1.807, 2.05) is 24.3 Å². The number of hydrogen-bond donors (Lipinski definition) is 0. The molecule has 166 valence electrons. The number of Topliss-reactive ketones (excluding diaryl/α,β-unsaturated/α-hetero) is 1. The van der Waals surface area contributed by atoms with Gasteiger partial charge in [0.2, 0.25) is 0 Å². The highest BCUT2D eigenvalue weighted by atomic mass is 16.5. The monoisotopic (exact) mass is 431 g/mol. The van der Waals surface area contributed by atoms with Crippen LogP contribution >= 0.6 is 0 Å². The molecule has 6 nitrogen and oxygen atoms in total. The lowest BCUT2D eigenvalue weighted by Gasteiger charge is -2.32. The van der Waals surface area contributed by atoms with E-state index in [-0.39, 0.29) is 11.7 Å². The van der Waals surface area contributed by atoms with Crippen LogP contribution in [0.5, 0.6) is 5.75 Å². The van der Waals surface area contributed by atoms with E-state index in [0.29, 0.717) is 6.61 Å². The van der Waals surface area contributed by atoms with Crippen LogP contribution in [0.2, 0.25) is 0 Å². The molecule has 1 fully saturated rings. The summed E-state index contributed by atoms with van der Waals surface area (Å²) in [7, 11) is 0. The third kappa shape index (κ3) is 4.92. The summed E-state index contributed by atoms with van der Waals surface area (Å²) in [4.78, 5) is 21.8. The number of hydrogen-bond acceptors (Lipinski definition) is 6. The van der Waals surface area contributed by atoms with Gasteiger partial charge in [0.1, 0.15) is 18.1 Å². The van der Waals surface area contributed by atoms with E-state index < -0.39 is 0 Å². The largest absolute Gasteiger partial charge is 0.492 e. The highest BCUT2D eigenvalue weighted by molar-refractivity contribution is 5.97. The van der Waals surface area contributed by atoms with Crippen LogP contribution < -0.4 is 4.74 Å². The Morgan fingerprint density at radius 3 is 2.91 bits per heavy atom. The number of benzene rings is 1. The minimum absolute atomic E-state index is 0.0425. The van der Waals surface area contributed by atoms with Crippen LogP contribution in [0.15, 0.2) is 65.5 Å². The van der Waals surface area contributed by atoms with Crippen molar-refractivity contribution in [2.24, 2.45) is 5.92 Å². The van der Waals surface area contributed by atoms with E-state index in [9.17, 15) is 4.79 Å². The van der Waals surface area contributed by atoms with Crippen molar-refractivity contribution in [2.75, 3.05) is 26.2 Å². The number of piperidine rings is 1. The van der Waals surface area contributed by atoms with Gasteiger partial charge in [-0.05, 0) is 61.3 Å². The molecule has 0 saturated carbocycles. The summed E-state index contributed by atoms with van der Waals surface area (Å²) in [5, 5.41) is 0. The fourth-order valence-electron chi connectivity index (χ4n) is 4.77. The third-order valence-electron chi connectivity index (χ3n) is 6.37. The molecule has 1 aromatic carbocycles. The summed E-state index contributed by atoms with van der Waals surface area (Å²) < 4.78 is 11.5. The standard InChI is InChI=1S/C26H29N3O3/c30-26(21-4-1-9-27-15-21)22-5-2-10-28(17-22)16-20-7-8-25-23(14-20)18-29(11-13-32-25)19-24-6-3-12-31-24/h1,3-4,6-9,12,14-15,22H,2,5,10-11,13,16-19H2. The van der Waals surface area contributed by atoms with Crippen molar-refractivity contribution in [2.45, 2.75) is 32.5 Å². The second kappa shape index (κ2) is 9.67. The Morgan fingerprint density at radius 1 is 1.09 bits per heavy atom. The summed E-state index contributed by atoms with van der Waals surface area (Å²) >= 11 is 0. The summed E-state index contributed by atoms with van der Waals surface area (Å²) in [6.07, 6.45) is 7.11. The molecule has 0 bridgehead atoms. The number of carbonyl (C=O) groups excluding carboxylic acids is 1. The highest BCUT2D eigenvalue weighted by Gasteiger charge is 2.27. The molecule has 2 aliphatic rings. The van der Waals surface area contributed by atoms with Gasteiger partial charge in [0.25, 0.3) is 0 Å². The molecule has 0 N–H and O–H groups in total. The Balaban J connectivity index is 1.25. The zero-order valence-corrected chi connectivity index (χ0v) is 18.3. The average Bonchev–Trinajstić information content (AvgIpc) is 3.25. The van der Waals surface area contributed by atoms with Gasteiger partial charge in [0.15, 0.2) is 5.78 Å². The maximum Gasteiger partial charge on any atom is 0.168 e. The Kier molecular flexibility index (Phi) is 6.32. The van der Waals surface area contributed by atoms with Crippen LogP contribution in [0.3, 0.4) is 0 Å². The zero-order valence-electron chi connectivity index (χ0n) is 18.3. The normalized spacial score (nSPS) is 19.7. The number of furan rings is 1. The third-order valence-corrected chi connectivity index (χ3v) is 6.37. The second-order valence-electron chi connectivity index (χ2n) is 8.76. The van der Waals surface area contributed by atoms with Crippen molar-refractivity contribution in [1.82, 2.24) is 14.8 Å². The van der Waals surface area contributed by atoms with Crippen molar-refractivity contribution >= 4 is 5.78 Å². The maximum atomic E-state index is 12.9. The molecule has 5 rings (SSSR count). The Hall–Kier alpha value is -2.96. The van der Waals surface area contributed by atoms with Gasteiger partial charge in [0, 0.05) is 55.6 Å². The van der Waals surface area contributed by atoms with Gasteiger partial charge in [0.05, 0.1) is 12.8 Å². The van der Waals surface area contributed by atoms with E-state index >= 15 is 0 Å². The van der Waals surface area contributed by atoms with E-state index in [4.69, 9.17) is 9.15 Å². The lowest BCUT2D eigenvalue weighted by molar-refractivity contribution is 0.0811. The molecule has 6 heteroatoms. The molecular formula is C26H29N3O3. The van der Waals surface area contributed by atoms with Crippen LogP contribution in [0.1, 0.15) is 40.1 Å². The number of pyridine rings is 1. The number of nitrogens with zero attached hydrogens (tertiary/aromatic N) is 3. The minimum Gasteiger partial charge on any atom is -0.492 e. The Bertz CT molecular complexity index is 1040. The fraction of sp³-hybridized carbons (Fsp3) is 0.385. The molecule has 1 saturated heterocycles. The van der Waals surface area contributed by atoms with Crippen LogP contribution in [-0.4, -0.2) is 46.8 Å². The smallest absolute Gasteiger partial charge is 0.168 e. The predicted molar refractivity (Wildman–Crippen MR) is 121 cm³/mol. The predicted octanol–water partition coefficient (Wildman–Crippen LogP) is 4.16. The molecule has 3 aromatic rings. The van der Waals surface area contributed by atoms with Gasteiger partial charge in [-0.3, -0.25) is 19.6 Å². The number of carbonyl (C=O) groups is 1. The van der Waals surface area contributed by atoms with Crippen molar-refractivity contribution in [1.29, 1.82) is 0 Å². The number of ketones is 1. The molecule has 1 atom stereocenters. The van der Waals surface area contributed by atoms with Crippen LogP contribution in [0, 0.1) is 5.92 Å². The van der Waals surface area contributed by atoms with Crippen LogP contribution in [0.25, 0.3) is 0 Å². The second-order valence-corrected chi connectivity index (χ2v) is 8.76. The number of rotatable bonds is 6. The lowest BCUT2D eigenvalue weighted by atomic mass is 9.90. The summed E-state index contributed by atoms with van der Waals surface area (Å²) in [6, 6.07) is 14.2. The maximum absolute atomic E-state index is 12.9. The summed E-state index contributed by atoms with van der Waals surface area (Å²) in [5.74, 6) is 2.20. The quantitative estimate of drug-likeness (QED) is 0.546. The molecule has 4 heterocycles. The lowest BCUT2D eigenvalue weighted by Crippen LogP contribution is -2.38. The molecule has 0 radical (unpaired) electrons. The summed E-state index contributed by atoms with van der Waals surface area (Å²) in [5.41, 5.74) is 3.20. The topological polar surface area (TPSA) is 58.8 Å². The first-order valence-corrected chi connectivity index (χ1v) is 11.4. The SMILES string of the molecule is O=C(c1cccnc1)C1CCCN(Cc2ccc3c(c2)CN(Cc2ccco2)CCO3)C1. The highest BCUT2D eigenvalue weighted by Crippen LogP contribution is 2.27. The van der Waals surface area contributed by atoms with Gasteiger partial charge in [-0.2, -0.15) is 0 Å². The number of aromatic nitrogens is 1. The molecular weight excluding hydrogens is 402 g/mol. The van der Waals surface area contributed by atoms with E-state index in [2.05, 4.69) is 33.0 Å².